The Morgan fingerprint density at radius 3 is 2.56 bits per heavy atom. The van der Waals surface area contributed by atoms with Crippen molar-refractivity contribution in [2.24, 2.45) is 0 Å². The molecule has 0 spiro atoms. The minimum absolute atomic E-state index is 0.302. The summed E-state index contributed by atoms with van der Waals surface area (Å²) in [6.45, 7) is 0. The van der Waals surface area contributed by atoms with Crippen molar-refractivity contribution in [1.29, 1.82) is 0 Å². The maximum absolute atomic E-state index is 12.8. The summed E-state index contributed by atoms with van der Waals surface area (Å²) in [4.78, 5) is 5.47. The van der Waals surface area contributed by atoms with Gasteiger partial charge in [0.05, 0.1) is 5.69 Å². The van der Waals surface area contributed by atoms with Gasteiger partial charge in [-0.05, 0) is 41.6 Å². The fraction of sp³-hybridized carbons (Fsp3) is 0. The largest absolute Gasteiger partial charge is 0.253 e. The normalized spacial score (nSPS) is 10.5. The molecule has 0 fully saturated rings. The van der Waals surface area contributed by atoms with E-state index in [1.165, 1.54) is 16.9 Å². The molecule has 88 valence electrons. The second kappa shape index (κ2) is 4.33. The molecule has 3 aromatic rings. The van der Waals surface area contributed by atoms with Crippen LogP contribution < -0.4 is 0 Å². The van der Waals surface area contributed by atoms with Gasteiger partial charge in [0.2, 0.25) is 5.82 Å². The molecule has 0 atom stereocenters. The molecule has 0 unspecified atom stereocenters. The Bertz CT molecular complexity index is 648. The summed E-state index contributed by atoms with van der Waals surface area (Å²) in [5.41, 5.74) is 1.29. The molecule has 0 amide bonds. The van der Waals surface area contributed by atoms with Gasteiger partial charge in [0.15, 0.2) is 0 Å². The van der Waals surface area contributed by atoms with Gasteiger partial charge in [0.1, 0.15) is 11.5 Å². The van der Waals surface area contributed by atoms with Crippen LogP contribution in [0.2, 0.25) is 0 Å². The van der Waals surface area contributed by atoms with E-state index in [1.54, 1.807) is 24.4 Å². The molecule has 1 aromatic carbocycles. The van der Waals surface area contributed by atoms with E-state index in [-0.39, 0.29) is 5.82 Å². The van der Waals surface area contributed by atoms with Crippen LogP contribution in [-0.4, -0.2) is 25.2 Å². The number of hydrogen-bond acceptors (Lipinski definition) is 4. The predicted molar refractivity (Wildman–Crippen MR) is 62.3 cm³/mol. The first-order valence-electron chi connectivity index (χ1n) is 5.30. The molecule has 0 radical (unpaired) electrons. The third-order valence-electron chi connectivity index (χ3n) is 2.37. The smallest absolute Gasteiger partial charge is 0.223 e. The number of nitrogens with zero attached hydrogens (tertiary/aromatic N) is 5. The lowest BCUT2D eigenvalue weighted by atomic mass is 10.3. The van der Waals surface area contributed by atoms with Gasteiger partial charge in [-0.15, -0.1) is 15.0 Å². The zero-order valence-corrected chi connectivity index (χ0v) is 9.23. The van der Waals surface area contributed by atoms with E-state index >= 15 is 0 Å². The Morgan fingerprint density at radius 2 is 1.83 bits per heavy atom. The lowest BCUT2D eigenvalue weighted by Gasteiger charge is -1.96. The summed E-state index contributed by atoms with van der Waals surface area (Å²) in [5.74, 6) is 0.128. The van der Waals surface area contributed by atoms with Crippen molar-refractivity contribution in [1.82, 2.24) is 25.2 Å². The van der Waals surface area contributed by atoms with Crippen LogP contribution in [0.1, 0.15) is 0 Å². The van der Waals surface area contributed by atoms with Gasteiger partial charge >= 0.3 is 0 Å². The molecule has 5 nitrogen and oxygen atoms in total. The van der Waals surface area contributed by atoms with Crippen LogP contribution in [0, 0.1) is 5.82 Å². The van der Waals surface area contributed by atoms with Gasteiger partial charge in [-0.1, -0.05) is 6.07 Å². The topological polar surface area (TPSA) is 56.5 Å². The van der Waals surface area contributed by atoms with Crippen LogP contribution in [0.25, 0.3) is 17.2 Å². The van der Waals surface area contributed by atoms with Gasteiger partial charge in [-0.2, -0.15) is 0 Å². The Morgan fingerprint density at radius 1 is 1.00 bits per heavy atom. The van der Waals surface area contributed by atoms with E-state index in [0.717, 1.165) is 0 Å². The third-order valence-corrected chi connectivity index (χ3v) is 2.37. The molecule has 3 rings (SSSR count). The third kappa shape index (κ3) is 1.95. The molecule has 18 heavy (non-hydrogen) atoms. The highest BCUT2D eigenvalue weighted by molar-refractivity contribution is 5.47. The summed E-state index contributed by atoms with van der Waals surface area (Å²) < 4.78 is 12.8. The molecule has 0 aliphatic rings. The molecule has 6 heteroatoms. The van der Waals surface area contributed by atoms with Crippen molar-refractivity contribution in [3.8, 4) is 17.2 Å². The van der Waals surface area contributed by atoms with E-state index in [2.05, 4.69) is 20.4 Å². The van der Waals surface area contributed by atoms with Crippen molar-refractivity contribution in [2.45, 2.75) is 0 Å². The lowest BCUT2D eigenvalue weighted by Crippen LogP contribution is -1.98. The van der Waals surface area contributed by atoms with E-state index in [1.807, 2.05) is 12.1 Å². The monoisotopic (exact) mass is 241 g/mol. The average Bonchev–Trinajstić information content (AvgIpc) is 2.90. The van der Waals surface area contributed by atoms with Gasteiger partial charge in [-0.3, -0.25) is 4.98 Å². The number of aromatic nitrogens is 5. The second-order valence-corrected chi connectivity index (χ2v) is 3.59. The molecule has 2 aromatic heterocycles. The highest BCUT2D eigenvalue weighted by Crippen LogP contribution is 2.11. The van der Waals surface area contributed by atoms with Crippen LogP contribution in [0.5, 0.6) is 0 Å². The minimum Gasteiger partial charge on any atom is -0.253 e. The van der Waals surface area contributed by atoms with Crippen molar-refractivity contribution >= 4 is 0 Å². The Labute approximate surface area is 102 Å². The van der Waals surface area contributed by atoms with Crippen LogP contribution in [-0.2, 0) is 0 Å². The number of benzene rings is 1. The standard InChI is InChI=1S/C12H8FN5/c13-9-4-6-10(7-5-9)18-16-12(15-17-18)11-3-1-2-8-14-11/h1-8H. The molecule has 0 saturated carbocycles. The molecule has 0 aliphatic heterocycles. The molecule has 0 N–H and O–H groups in total. The lowest BCUT2D eigenvalue weighted by molar-refractivity contribution is 0.625. The predicted octanol–water partition coefficient (Wildman–Crippen LogP) is 1.86. The highest BCUT2D eigenvalue weighted by Gasteiger charge is 2.07. The Hall–Kier alpha value is -2.63. The zero-order valence-electron chi connectivity index (χ0n) is 9.23. The number of halogens is 1. The number of pyridine rings is 1. The molecular weight excluding hydrogens is 233 g/mol. The molecule has 0 bridgehead atoms. The summed E-state index contributed by atoms with van der Waals surface area (Å²) in [6, 6.07) is 11.3. The van der Waals surface area contributed by atoms with Gasteiger partial charge in [0, 0.05) is 6.20 Å². The SMILES string of the molecule is Fc1ccc(-n2nnc(-c3ccccn3)n2)cc1. The van der Waals surface area contributed by atoms with Gasteiger partial charge < -0.3 is 0 Å². The maximum Gasteiger partial charge on any atom is 0.223 e. The van der Waals surface area contributed by atoms with E-state index < -0.39 is 0 Å². The molecule has 2 heterocycles. The van der Waals surface area contributed by atoms with Crippen LogP contribution in [0.4, 0.5) is 4.39 Å². The molecule has 0 saturated heterocycles. The van der Waals surface area contributed by atoms with Gasteiger partial charge in [0.25, 0.3) is 0 Å². The number of tetrazole rings is 1. The first kappa shape index (κ1) is 10.5. The fourth-order valence-corrected chi connectivity index (χ4v) is 1.50. The molecule has 0 aliphatic carbocycles. The maximum atomic E-state index is 12.8. The summed E-state index contributed by atoms with van der Waals surface area (Å²) in [6.07, 6.45) is 1.66. The van der Waals surface area contributed by atoms with Gasteiger partial charge in [-0.25, -0.2) is 4.39 Å². The van der Waals surface area contributed by atoms with E-state index in [9.17, 15) is 4.39 Å². The average molecular weight is 241 g/mol. The minimum atomic E-state index is -0.302. The summed E-state index contributed by atoms with van der Waals surface area (Å²) in [5, 5.41) is 12.0. The molecular formula is C12H8FN5. The quantitative estimate of drug-likeness (QED) is 0.687. The first-order valence-corrected chi connectivity index (χ1v) is 5.30. The van der Waals surface area contributed by atoms with Crippen LogP contribution in [0.3, 0.4) is 0 Å². The summed E-state index contributed by atoms with van der Waals surface area (Å²) in [7, 11) is 0. The zero-order chi connectivity index (χ0) is 12.4. The number of rotatable bonds is 2. The van der Waals surface area contributed by atoms with E-state index in [4.69, 9.17) is 0 Å². The van der Waals surface area contributed by atoms with Crippen molar-refractivity contribution in [3.63, 3.8) is 0 Å². The van der Waals surface area contributed by atoms with Crippen molar-refractivity contribution < 1.29 is 4.39 Å². The fourth-order valence-electron chi connectivity index (χ4n) is 1.50. The van der Waals surface area contributed by atoms with Crippen LogP contribution >= 0.6 is 0 Å². The van der Waals surface area contributed by atoms with Crippen molar-refractivity contribution in [2.75, 3.05) is 0 Å². The van der Waals surface area contributed by atoms with E-state index in [0.29, 0.717) is 17.2 Å². The van der Waals surface area contributed by atoms with Crippen molar-refractivity contribution in [3.05, 3.63) is 54.5 Å². The Kier molecular flexibility index (Phi) is 2.53. The second-order valence-electron chi connectivity index (χ2n) is 3.59. The van der Waals surface area contributed by atoms with Crippen LogP contribution in [0.15, 0.2) is 48.7 Å². The first-order chi connectivity index (χ1) is 8.83. The Balaban J connectivity index is 1.97. The summed E-state index contributed by atoms with van der Waals surface area (Å²) >= 11 is 0. The highest BCUT2D eigenvalue weighted by atomic mass is 19.1. The number of hydrogen-bond donors (Lipinski definition) is 0.